The van der Waals surface area contributed by atoms with Crippen LogP contribution in [0.25, 0.3) is 10.8 Å². The van der Waals surface area contributed by atoms with Crippen LogP contribution in [0.5, 0.6) is 0 Å². The van der Waals surface area contributed by atoms with Crippen LogP contribution in [0, 0.1) is 35.5 Å². The number of nitrogens with one attached hydrogen (secondary N) is 1. The minimum Gasteiger partial charge on any atom is -0.377 e. The summed E-state index contributed by atoms with van der Waals surface area (Å²) in [6.07, 6.45) is 8.42. The molecule has 7 rings (SSSR count). The quantitative estimate of drug-likeness (QED) is 0.544. The Morgan fingerprint density at radius 1 is 0.818 bits per heavy atom. The van der Waals surface area contributed by atoms with Crippen molar-refractivity contribution < 1.29 is 18.0 Å². The number of likely N-dealkylation sites (tertiary alicyclic amines) is 1. The predicted molar refractivity (Wildman–Crippen MR) is 125 cm³/mol. The fraction of sp³-hybridized carbons (Fsp3) is 0.360. The minimum atomic E-state index is -3.96. The summed E-state index contributed by atoms with van der Waals surface area (Å²) >= 11 is 0. The van der Waals surface area contributed by atoms with E-state index in [-0.39, 0.29) is 47.1 Å². The van der Waals surface area contributed by atoms with E-state index in [1.807, 2.05) is 37.2 Å². The maximum absolute atomic E-state index is 13.3. The van der Waals surface area contributed by atoms with E-state index in [0.29, 0.717) is 17.2 Å². The van der Waals surface area contributed by atoms with Crippen LogP contribution in [0.3, 0.4) is 0 Å². The third-order valence-corrected chi connectivity index (χ3v) is 9.25. The van der Waals surface area contributed by atoms with E-state index in [9.17, 15) is 18.0 Å². The summed E-state index contributed by atoms with van der Waals surface area (Å²) < 4.78 is 29.1. The second-order valence-electron chi connectivity index (χ2n) is 9.56. The van der Waals surface area contributed by atoms with Gasteiger partial charge in [-0.25, -0.2) is 8.42 Å². The van der Waals surface area contributed by atoms with Gasteiger partial charge in [-0.2, -0.15) is 4.72 Å². The molecule has 1 aliphatic heterocycles. The Kier molecular flexibility index (Phi) is 4.38. The van der Waals surface area contributed by atoms with E-state index in [1.165, 1.54) is 0 Å². The highest BCUT2D eigenvalue weighted by Crippen LogP contribution is 2.58. The third-order valence-electron chi connectivity index (χ3n) is 7.81. The molecule has 170 valence electrons. The highest BCUT2D eigenvalue weighted by Gasteiger charge is 2.62. The number of fused-ring (bicyclic) bond motifs is 1. The first-order valence-corrected chi connectivity index (χ1v) is 12.7. The lowest BCUT2D eigenvalue weighted by Crippen LogP contribution is -2.50. The van der Waals surface area contributed by atoms with Gasteiger partial charge in [0, 0.05) is 30.6 Å². The highest BCUT2D eigenvalue weighted by atomic mass is 32.2. The number of hydrogen-bond acceptors (Lipinski definition) is 5. The van der Waals surface area contributed by atoms with Gasteiger partial charge in [0.2, 0.25) is 21.8 Å². The third kappa shape index (κ3) is 2.80. The number of allylic oxidation sites excluding steroid dienone is 4. The fourth-order valence-corrected chi connectivity index (χ4v) is 7.40. The van der Waals surface area contributed by atoms with Crippen LogP contribution in [0.4, 0.5) is 5.69 Å². The second-order valence-corrected chi connectivity index (χ2v) is 11.3. The molecule has 1 heterocycles. The highest BCUT2D eigenvalue weighted by molar-refractivity contribution is 7.89. The van der Waals surface area contributed by atoms with Gasteiger partial charge in [0.05, 0.1) is 23.4 Å². The van der Waals surface area contributed by atoms with Crippen LogP contribution in [-0.2, 0) is 19.6 Å². The van der Waals surface area contributed by atoms with Crippen molar-refractivity contribution in [2.75, 3.05) is 25.7 Å². The first kappa shape index (κ1) is 20.6. The van der Waals surface area contributed by atoms with Gasteiger partial charge >= 0.3 is 0 Å². The molecular weight excluding hydrogens is 438 g/mol. The van der Waals surface area contributed by atoms with Gasteiger partial charge in [-0.15, -0.1) is 0 Å². The van der Waals surface area contributed by atoms with Gasteiger partial charge in [-0.3, -0.25) is 14.5 Å². The maximum atomic E-state index is 13.3. The number of carbonyl (C=O) groups is 2. The lowest BCUT2D eigenvalue weighted by atomic mass is 9.50. The average Bonchev–Trinajstić information content (AvgIpc) is 3.02. The maximum Gasteiger partial charge on any atom is 0.242 e. The SMILES string of the molecule is CN(C)c1cccc2c(S(=O)(=O)NCN3C(=O)C4C5C=CC(C6C=CC65)C4C3=O)cccc12. The lowest BCUT2D eigenvalue weighted by Gasteiger charge is -2.51. The number of amides is 2. The lowest BCUT2D eigenvalue weighted by molar-refractivity contribution is -0.140. The molecule has 6 atom stereocenters. The van der Waals surface area contributed by atoms with E-state index in [0.717, 1.165) is 16.0 Å². The van der Waals surface area contributed by atoms with Crippen molar-refractivity contribution >= 4 is 38.3 Å². The molecule has 1 saturated heterocycles. The molecule has 4 aliphatic carbocycles. The Balaban J connectivity index is 1.28. The zero-order valence-corrected chi connectivity index (χ0v) is 19.2. The van der Waals surface area contributed by atoms with E-state index in [4.69, 9.17) is 0 Å². The molecule has 1 N–H and O–H groups in total. The number of hydrogen-bond donors (Lipinski definition) is 1. The number of benzene rings is 2. The molecule has 7 nitrogen and oxygen atoms in total. The van der Waals surface area contributed by atoms with Gasteiger partial charge in [-0.05, 0) is 35.8 Å². The molecule has 8 heteroatoms. The number of carbonyl (C=O) groups excluding carboxylic acids is 2. The van der Waals surface area contributed by atoms with Gasteiger partial charge < -0.3 is 4.90 Å². The molecule has 0 aromatic heterocycles. The Labute approximate surface area is 192 Å². The molecule has 2 amide bonds. The van der Waals surface area contributed by atoms with Gasteiger partial charge in [0.15, 0.2) is 0 Å². The van der Waals surface area contributed by atoms with Crippen molar-refractivity contribution in [2.45, 2.75) is 4.90 Å². The van der Waals surface area contributed by atoms with E-state index in [2.05, 4.69) is 29.0 Å². The standard InChI is InChI=1S/C25H25N3O4S/c1-27(2)20-7-3-6-17-16(20)5-4-8-21(17)33(31,32)26-13-28-24(29)22-18-11-12-19(23(22)25(28)30)15-10-9-14(15)18/h3-12,14-15,18-19,22-23,26H,13H2,1-2H3. The summed E-state index contributed by atoms with van der Waals surface area (Å²) in [5.74, 6) is -0.623. The minimum absolute atomic E-state index is 0.0237. The predicted octanol–water partition coefficient (Wildman–Crippen LogP) is 2.36. The molecule has 1 saturated carbocycles. The van der Waals surface area contributed by atoms with Crippen LogP contribution in [0.15, 0.2) is 65.6 Å². The van der Waals surface area contributed by atoms with Gasteiger partial charge in [-0.1, -0.05) is 48.6 Å². The molecule has 33 heavy (non-hydrogen) atoms. The van der Waals surface area contributed by atoms with Crippen molar-refractivity contribution in [1.82, 2.24) is 9.62 Å². The average molecular weight is 464 g/mol. The summed E-state index contributed by atoms with van der Waals surface area (Å²) in [6, 6.07) is 10.7. The molecule has 2 fully saturated rings. The molecule has 6 unspecified atom stereocenters. The van der Waals surface area contributed by atoms with E-state index >= 15 is 0 Å². The molecule has 2 aromatic carbocycles. The number of rotatable bonds is 5. The van der Waals surface area contributed by atoms with Gasteiger partial charge in [0.1, 0.15) is 0 Å². The van der Waals surface area contributed by atoms with E-state index in [1.54, 1.807) is 18.2 Å². The Morgan fingerprint density at radius 2 is 1.36 bits per heavy atom. The summed E-state index contributed by atoms with van der Waals surface area (Å²) in [6.45, 7) is -0.348. The monoisotopic (exact) mass is 463 g/mol. The smallest absolute Gasteiger partial charge is 0.242 e. The zero-order chi connectivity index (χ0) is 23.1. The summed E-state index contributed by atoms with van der Waals surface area (Å²) in [5.41, 5.74) is 0.907. The van der Waals surface area contributed by atoms with Crippen molar-refractivity contribution in [3.05, 3.63) is 60.7 Å². The zero-order valence-electron chi connectivity index (χ0n) is 18.4. The van der Waals surface area contributed by atoms with Crippen LogP contribution in [0.1, 0.15) is 0 Å². The summed E-state index contributed by atoms with van der Waals surface area (Å²) in [4.78, 5) is 29.6. The molecule has 2 aromatic rings. The van der Waals surface area contributed by atoms with Crippen molar-refractivity contribution in [3.8, 4) is 0 Å². The van der Waals surface area contributed by atoms with Gasteiger partial charge in [0.25, 0.3) is 0 Å². The van der Waals surface area contributed by atoms with Crippen molar-refractivity contribution in [1.29, 1.82) is 0 Å². The molecular formula is C25H25N3O4S. The number of nitrogens with zero attached hydrogens (tertiary/aromatic N) is 2. The van der Waals surface area contributed by atoms with Crippen molar-refractivity contribution in [2.24, 2.45) is 35.5 Å². The molecule has 0 radical (unpaired) electrons. The first-order valence-electron chi connectivity index (χ1n) is 11.2. The Bertz CT molecular complexity index is 1320. The fourth-order valence-electron chi connectivity index (χ4n) is 6.22. The number of anilines is 1. The van der Waals surface area contributed by atoms with Crippen LogP contribution in [-0.4, -0.2) is 45.9 Å². The van der Waals surface area contributed by atoms with Crippen LogP contribution < -0.4 is 9.62 Å². The topological polar surface area (TPSA) is 86.8 Å². The van der Waals surface area contributed by atoms with E-state index < -0.39 is 10.0 Å². The molecule has 2 bridgehead atoms. The summed E-state index contributed by atoms with van der Waals surface area (Å²) in [7, 11) is -0.150. The van der Waals surface area contributed by atoms with Crippen molar-refractivity contribution in [3.63, 3.8) is 0 Å². The second kappa shape index (κ2) is 7.01. The number of imide groups is 1. The molecule has 5 aliphatic rings. The Morgan fingerprint density at radius 3 is 1.94 bits per heavy atom. The largest absolute Gasteiger partial charge is 0.377 e. The molecule has 0 spiro atoms. The summed E-state index contributed by atoms with van der Waals surface area (Å²) in [5, 5.41) is 1.41. The normalized spacial score (nSPS) is 31.6. The Hall–Kier alpha value is -2.97. The first-order chi connectivity index (χ1) is 15.8. The number of sulfonamides is 1. The van der Waals surface area contributed by atoms with Crippen LogP contribution in [0.2, 0.25) is 0 Å². The van der Waals surface area contributed by atoms with Crippen LogP contribution >= 0.6 is 0 Å².